The number of fused-ring (bicyclic) bond motifs is 3. The molecule has 1 unspecified atom stereocenters. The minimum absolute atomic E-state index is 0.558. The van der Waals surface area contributed by atoms with Crippen molar-refractivity contribution in [3.05, 3.63) is 47.5 Å². The normalized spacial score (nSPS) is 28.3. The van der Waals surface area contributed by atoms with Crippen molar-refractivity contribution in [2.45, 2.75) is 31.2 Å². The highest BCUT2D eigenvalue weighted by molar-refractivity contribution is 5.89. The summed E-state index contributed by atoms with van der Waals surface area (Å²) in [7, 11) is 0. The van der Waals surface area contributed by atoms with Crippen molar-refractivity contribution in [2.24, 2.45) is 16.8 Å². The van der Waals surface area contributed by atoms with Crippen LogP contribution in [0.3, 0.4) is 0 Å². The summed E-state index contributed by atoms with van der Waals surface area (Å²) >= 11 is 0. The zero-order chi connectivity index (χ0) is 17.8. The summed E-state index contributed by atoms with van der Waals surface area (Å²) in [5.74, 6) is 0.229. The van der Waals surface area contributed by atoms with Crippen LogP contribution in [0.4, 0.5) is 0 Å². The number of benzene rings is 1. The molecule has 0 bridgehead atoms. The standard InChI is InChI=1S/C15H18N2.C4H4O4/c1-2-4-12-10(3-1)5-6-13-14(15(12)13)7-11-8-16-9-17-11;5-3(6)1-2-4(7)8/h1-4,9,11,13-15H,5-8H2,(H,16,17);1-2H,(H,5,6)(H,7,8)/t11-,13+,14?,15+;/m0./s1. The zero-order valence-electron chi connectivity index (χ0n) is 13.8. The molecule has 1 fully saturated rings. The van der Waals surface area contributed by atoms with Gasteiger partial charge in [-0.1, -0.05) is 24.3 Å². The van der Waals surface area contributed by atoms with E-state index in [-0.39, 0.29) is 0 Å². The van der Waals surface area contributed by atoms with Gasteiger partial charge in [-0.15, -0.1) is 0 Å². The van der Waals surface area contributed by atoms with Crippen molar-refractivity contribution in [1.29, 1.82) is 0 Å². The zero-order valence-corrected chi connectivity index (χ0v) is 13.8. The van der Waals surface area contributed by atoms with Crippen LogP contribution in [0.5, 0.6) is 0 Å². The Labute approximate surface area is 146 Å². The first kappa shape index (κ1) is 17.2. The molecule has 4 rings (SSSR count). The van der Waals surface area contributed by atoms with Crippen LogP contribution < -0.4 is 5.32 Å². The van der Waals surface area contributed by atoms with Crippen LogP contribution in [0.2, 0.25) is 0 Å². The van der Waals surface area contributed by atoms with Gasteiger partial charge in [0.25, 0.3) is 0 Å². The third-order valence-corrected chi connectivity index (χ3v) is 5.15. The summed E-state index contributed by atoms with van der Waals surface area (Å²) in [4.78, 5) is 23.4. The predicted octanol–water partition coefficient (Wildman–Crippen LogP) is 2.06. The number of carboxylic acids is 2. The van der Waals surface area contributed by atoms with Crippen molar-refractivity contribution in [3.8, 4) is 0 Å². The van der Waals surface area contributed by atoms with E-state index in [1.54, 1.807) is 11.1 Å². The number of carboxylic acid groups (broad SMARTS) is 2. The van der Waals surface area contributed by atoms with Gasteiger partial charge in [0.05, 0.1) is 12.9 Å². The Morgan fingerprint density at radius 2 is 1.92 bits per heavy atom. The minimum atomic E-state index is -1.26. The number of aliphatic imine (C=N–C) groups is 1. The average Bonchev–Trinajstić information content (AvgIpc) is 3.04. The number of carbonyl (C=O) groups is 2. The van der Waals surface area contributed by atoms with Crippen LogP contribution in [-0.4, -0.2) is 41.1 Å². The molecule has 0 spiro atoms. The van der Waals surface area contributed by atoms with E-state index in [0.29, 0.717) is 18.2 Å². The smallest absolute Gasteiger partial charge is 0.328 e. The molecule has 6 nitrogen and oxygen atoms in total. The molecule has 1 aromatic carbocycles. The second-order valence-corrected chi connectivity index (χ2v) is 6.69. The average molecular weight is 342 g/mol. The second kappa shape index (κ2) is 7.51. The second-order valence-electron chi connectivity index (χ2n) is 6.69. The topological polar surface area (TPSA) is 99.0 Å². The fourth-order valence-corrected chi connectivity index (χ4v) is 4.03. The first-order chi connectivity index (χ1) is 12.1. The Kier molecular flexibility index (Phi) is 5.16. The molecular formula is C19H22N2O4. The Bertz CT molecular complexity index is 689. The quantitative estimate of drug-likeness (QED) is 0.728. The molecule has 6 heteroatoms. The van der Waals surface area contributed by atoms with E-state index in [2.05, 4.69) is 34.6 Å². The molecule has 0 aromatic heterocycles. The van der Waals surface area contributed by atoms with Crippen LogP contribution in [0, 0.1) is 11.8 Å². The van der Waals surface area contributed by atoms with Crippen LogP contribution in [0.25, 0.3) is 0 Å². The molecule has 1 aliphatic heterocycles. The maximum Gasteiger partial charge on any atom is 0.328 e. The van der Waals surface area contributed by atoms with Crippen molar-refractivity contribution in [2.75, 3.05) is 6.54 Å². The van der Waals surface area contributed by atoms with Gasteiger partial charge in [-0.3, -0.25) is 4.99 Å². The summed E-state index contributed by atoms with van der Waals surface area (Å²) in [6, 6.07) is 9.66. The minimum Gasteiger partial charge on any atom is -0.478 e. The fraction of sp³-hybridized carbons (Fsp3) is 0.421. The van der Waals surface area contributed by atoms with Gasteiger partial charge in [-0.25, -0.2) is 9.59 Å². The Hall–Kier alpha value is -2.63. The molecule has 1 aromatic rings. The lowest BCUT2D eigenvalue weighted by Gasteiger charge is -2.13. The molecule has 132 valence electrons. The molecule has 2 aliphatic carbocycles. The van der Waals surface area contributed by atoms with Crippen LogP contribution in [-0.2, 0) is 16.0 Å². The van der Waals surface area contributed by atoms with Gasteiger partial charge in [-0.05, 0) is 48.1 Å². The molecule has 4 atom stereocenters. The highest BCUT2D eigenvalue weighted by atomic mass is 16.4. The highest BCUT2D eigenvalue weighted by Crippen LogP contribution is 2.61. The van der Waals surface area contributed by atoms with Crippen LogP contribution in [0.1, 0.15) is 29.9 Å². The van der Waals surface area contributed by atoms with E-state index in [9.17, 15) is 9.59 Å². The number of nitrogens with one attached hydrogen (secondary N) is 1. The SMILES string of the molecule is C1=NC[C@H](CC2[C@H]3CCc4ccccc4[C@@H]23)N1.O=C(O)C=CC(=O)O. The van der Waals surface area contributed by atoms with E-state index >= 15 is 0 Å². The summed E-state index contributed by atoms with van der Waals surface area (Å²) in [6.07, 6.45) is 7.00. The number of nitrogens with zero attached hydrogens (tertiary/aromatic N) is 1. The van der Waals surface area contributed by atoms with E-state index in [4.69, 9.17) is 10.2 Å². The maximum atomic E-state index is 9.55. The highest BCUT2D eigenvalue weighted by Gasteiger charge is 2.53. The van der Waals surface area contributed by atoms with Gasteiger partial charge in [-0.2, -0.15) is 0 Å². The number of hydrogen-bond acceptors (Lipinski definition) is 4. The van der Waals surface area contributed by atoms with Gasteiger partial charge in [0.15, 0.2) is 0 Å². The Balaban J connectivity index is 0.000000197. The Morgan fingerprint density at radius 3 is 2.56 bits per heavy atom. The third-order valence-electron chi connectivity index (χ3n) is 5.15. The molecule has 0 amide bonds. The van der Waals surface area contributed by atoms with Gasteiger partial charge in [0.2, 0.25) is 0 Å². The maximum absolute atomic E-state index is 9.55. The summed E-state index contributed by atoms with van der Waals surface area (Å²) < 4.78 is 0. The number of aliphatic carboxylic acids is 2. The third kappa shape index (κ3) is 4.26. The van der Waals surface area contributed by atoms with Crippen molar-refractivity contribution >= 4 is 18.3 Å². The van der Waals surface area contributed by atoms with Crippen molar-refractivity contribution < 1.29 is 19.8 Å². The molecule has 3 aliphatic rings. The molecule has 0 radical (unpaired) electrons. The van der Waals surface area contributed by atoms with Gasteiger partial charge < -0.3 is 15.5 Å². The number of hydrogen-bond donors (Lipinski definition) is 3. The number of aryl methyl sites for hydroxylation is 1. The lowest BCUT2D eigenvalue weighted by Crippen LogP contribution is -2.25. The van der Waals surface area contributed by atoms with Crippen LogP contribution in [0.15, 0.2) is 41.4 Å². The lowest BCUT2D eigenvalue weighted by molar-refractivity contribution is -0.134. The van der Waals surface area contributed by atoms with E-state index in [1.165, 1.54) is 19.3 Å². The molecule has 25 heavy (non-hydrogen) atoms. The first-order valence-corrected chi connectivity index (χ1v) is 8.52. The predicted molar refractivity (Wildman–Crippen MR) is 93.8 cm³/mol. The van der Waals surface area contributed by atoms with E-state index in [1.807, 2.05) is 6.34 Å². The van der Waals surface area contributed by atoms with Crippen LogP contribution >= 0.6 is 0 Å². The summed E-state index contributed by atoms with van der Waals surface area (Å²) in [5.41, 5.74) is 3.25. The van der Waals surface area contributed by atoms with Gasteiger partial charge in [0, 0.05) is 18.2 Å². The molecular weight excluding hydrogens is 320 g/mol. The van der Waals surface area contributed by atoms with Gasteiger partial charge in [0.1, 0.15) is 0 Å². The molecule has 1 saturated carbocycles. The fourth-order valence-electron chi connectivity index (χ4n) is 4.03. The van der Waals surface area contributed by atoms with E-state index < -0.39 is 11.9 Å². The monoisotopic (exact) mass is 342 g/mol. The Morgan fingerprint density at radius 1 is 1.20 bits per heavy atom. The summed E-state index contributed by atoms with van der Waals surface area (Å²) in [5, 5.41) is 19.0. The molecule has 0 saturated heterocycles. The van der Waals surface area contributed by atoms with E-state index in [0.717, 1.165) is 24.3 Å². The van der Waals surface area contributed by atoms with Gasteiger partial charge >= 0.3 is 11.9 Å². The summed E-state index contributed by atoms with van der Waals surface area (Å²) in [6.45, 7) is 0.984. The lowest BCUT2D eigenvalue weighted by atomic mass is 9.92. The molecule has 1 heterocycles. The first-order valence-electron chi connectivity index (χ1n) is 8.52. The molecule has 3 N–H and O–H groups in total. The largest absolute Gasteiger partial charge is 0.478 e. The van der Waals surface area contributed by atoms with Crippen molar-refractivity contribution in [3.63, 3.8) is 0 Å². The van der Waals surface area contributed by atoms with Crippen molar-refractivity contribution in [1.82, 2.24) is 5.32 Å². The number of rotatable bonds is 4.